The number of ether oxygens (including phenoxy) is 1. The SMILES string of the molecule is COCCNC(=O)C(C)N(C)C1CNC1. The van der Waals surface area contributed by atoms with Crippen LogP contribution in [0.1, 0.15) is 6.92 Å². The summed E-state index contributed by atoms with van der Waals surface area (Å²) in [5, 5.41) is 6.04. The first kappa shape index (κ1) is 12.4. The first-order chi connectivity index (χ1) is 7.16. The smallest absolute Gasteiger partial charge is 0.237 e. The number of nitrogens with zero attached hydrogens (tertiary/aromatic N) is 1. The number of amides is 1. The van der Waals surface area contributed by atoms with Gasteiger partial charge in [0.15, 0.2) is 0 Å². The van der Waals surface area contributed by atoms with Crippen molar-refractivity contribution in [1.29, 1.82) is 0 Å². The third kappa shape index (κ3) is 3.44. The minimum atomic E-state index is -0.0750. The van der Waals surface area contributed by atoms with E-state index in [1.165, 1.54) is 0 Å². The molecule has 1 heterocycles. The number of nitrogens with one attached hydrogen (secondary N) is 2. The van der Waals surface area contributed by atoms with Gasteiger partial charge in [-0.1, -0.05) is 0 Å². The van der Waals surface area contributed by atoms with Crippen LogP contribution in [0.15, 0.2) is 0 Å². The molecule has 0 aromatic heterocycles. The highest BCUT2D eigenvalue weighted by Crippen LogP contribution is 2.06. The zero-order chi connectivity index (χ0) is 11.3. The van der Waals surface area contributed by atoms with Crippen molar-refractivity contribution in [3.8, 4) is 0 Å². The van der Waals surface area contributed by atoms with E-state index < -0.39 is 0 Å². The highest BCUT2D eigenvalue weighted by molar-refractivity contribution is 5.81. The second-order valence-electron chi connectivity index (χ2n) is 3.94. The predicted octanol–water partition coefficient (Wildman–Crippen LogP) is -0.959. The number of likely N-dealkylation sites (N-methyl/N-ethyl adjacent to an activating group) is 1. The first-order valence-corrected chi connectivity index (χ1v) is 5.36. The fourth-order valence-electron chi connectivity index (χ4n) is 1.49. The van der Waals surface area contributed by atoms with Crippen molar-refractivity contribution in [3.05, 3.63) is 0 Å². The summed E-state index contributed by atoms with van der Waals surface area (Å²) in [6.07, 6.45) is 0. The molecule has 1 amide bonds. The van der Waals surface area contributed by atoms with Crippen LogP contribution < -0.4 is 10.6 Å². The lowest BCUT2D eigenvalue weighted by Crippen LogP contribution is -2.60. The largest absolute Gasteiger partial charge is 0.383 e. The van der Waals surface area contributed by atoms with Crippen LogP contribution in [0.3, 0.4) is 0 Å². The van der Waals surface area contributed by atoms with Crippen molar-refractivity contribution in [1.82, 2.24) is 15.5 Å². The molecule has 1 rings (SSSR count). The Balaban J connectivity index is 2.24. The third-order valence-corrected chi connectivity index (χ3v) is 2.93. The molecule has 1 unspecified atom stereocenters. The molecule has 15 heavy (non-hydrogen) atoms. The van der Waals surface area contributed by atoms with Crippen LogP contribution in [0.25, 0.3) is 0 Å². The Bertz CT molecular complexity index is 207. The number of hydrogen-bond donors (Lipinski definition) is 2. The summed E-state index contributed by atoms with van der Waals surface area (Å²) >= 11 is 0. The van der Waals surface area contributed by atoms with E-state index in [2.05, 4.69) is 15.5 Å². The van der Waals surface area contributed by atoms with Gasteiger partial charge in [-0.25, -0.2) is 0 Å². The van der Waals surface area contributed by atoms with Gasteiger partial charge in [-0.15, -0.1) is 0 Å². The quantitative estimate of drug-likeness (QED) is 0.560. The number of methoxy groups -OCH3 is 1. The second-order valence-corrected chi connectivity index (χ2v) is 3.94. The van der Waals surface area contributed by atoms with Crippen LogP contribution in [0.5, 0.6) is 0 Å². The summed E-state index contributed by atoms with van der Waals surface area (Å²) in [6, 6.07) is 0.419. The number of hydrogen-bond acceptors (Lipinski definition) is 4. The molecule has 0 bridgehead atoms. The molecule has 0 aromatic carbocycles. The van der Waals surface area contributed by atoms with Crippen molar-refractivity contribution in [2.45, 2.75) is 19.0 Å². The molecule has 1 saturated heterocycles. The normalized spacial score (nSPS) is 18.7. The maximum atomic E-state index is 11.7. The van der Waals surface area contributed by atoms with Crippen LogP contribution >= 0.6 is 0 Å². The number of carbonyl (C=O) groups excluding carboxylic acids is 1. The molecular formula is C10H21N3O2. The van der Waals surface area contributed by atoms with Gasteiger partial charge < -0.3 is 15.4 Å². The number of carbonyl (C=O) groups is 1. The lowest BCUT2D eigenvalue weighted by atomic mass is 10.1. The van der Waals surface area contributed by atoms with Gasteiger partial charge >= 0.3 is 0 Å². The topological polar surface area (TPSA) is 53.6 Å². The highest BCUT2D eigenvalue weighted by atomic mass is 16.5. The Labute approximate surface area is 91.2 Å². The maximum absolute atomic E-state index is 11.7. The summed E-state index contributed by atoms with van der Waals surface area (Å²) in [5.41, 5.74) is 0. The van der Waals surface area contributed by atoms with Crippen molar-refractivity contribution < 1.29 is 9.53 Å². The Hall–Kier alpha value is -0.650. The molecule has 1 fully saturated rings. The van der Waals surface area contributed by atoms with Gasteiger partial charge in [0.2, 0.25) is 5.91 Å². The van der Waals surface area contributed by atoms with Gasteiger partial charge in [0.25, 0.3) is 0 Å². The van der Waals surface area contributed by atoms with Gasteiger partial charge in [-0.3, -0.25) is 9.69 Å². The second kappa shape index (κ2) is 6.05. The lowest BCUT2D eigenvalue weighted by Gasteiger charge is -2.38. The van der Waals surface area contributed by atoms with Gasteiger partial charge in [0.1, 0.15) is 0 Å². The van der Waals surface area contributed by atoms with E-state index in [9.17, 15) is 4.79 Å². The van der Waals surface area contributed by atoms with Gasteiger partial charge in [-0.05, 0) is 14.0 Å². The minimum Gasteiger partial charge on any atom is -0.383 e. The Morgan fingerprint density at radius 2 is 2.33 bits per heavy atom. The van der Waals surface area contributed by atoms with E-state index in [1.54, 1.807) is 7.11 Å². The minimum absolute atomic E-state index is 0.0708. The van der Waals surface area contributed by atoms with E-state index in [0.717, 1.165) is 13.1 Å². The van der Waals surface area contributed by atoms with E-state index in [4.69, 9.17) is 4.74 Å². The molecule has 88 valence electrons. The summed E-state index contributed by atoms with van der Waals surface area (Å²) in [7, 11) is 3.62. The predicted molar refractivity (Wildman–Crippen MR) is 58.8 cm³/mol. The lowest BCUT2D eigenvalue weighted by molar-refractivity contribution is -0.126. The Morgan fingerprint density at radius 3 is 2.80 bits per heavy atom. The molecule has 5 nitrogen and oxygen atoms in total. The van der Waals surface area contributed by atoms with Gasteiger partial charge in [-0.2, -0.15) is 0 Å². The monoisotopic (exact) mass is 215 g/mol. The van der Waals surface area contributed by atoms with Crippen LogP contribution in [-0.4, -0.2) is 63.3 Å². The molecule has 0 aromatic rings. The van der Waals surface area contributed by atoms with E-state index in [1.807, 2.05) is 14.0 Å². The van der Waals surface area contributed by atoms with Crippen molar-refractivity contribution >= 4 is 5.91 Å². The molecule has 0 saturated carbocycles. The maximum Gasteiger partial charge on any atom is 0.237 e. The summed E-state index contributed by atoms with van der Waals surface area (Å²) in [6.45, 7) is 5.03. The fraction of sp³-hybridized carbons (Fsp3) is 0.900. The van der Waals surface area contributed by atoms with Crippen LogP contribution in [-0.2, 0) is 9.53 Å². The van der Waals surface area contributed by atoms with Crippen LogP contribution in [0, 0.1) is 0 Å². The Kier molecular flexibility index (Phi) is 5.01. The van der Waals surface area contributed by atoms with Crippen molar-refractivity contribution in [2.75, 3.05) is 40.4 Å². The van der Waals surface area contributed by atoms with Crippen molar-refractivity contribution in [2.24, 2.45) is 0 Å². The summed E-state index contributed by atoms with van der Waals surface area (Å²) in [4.78, 5) is 13.8. The first-order valence-electron chi connectivity index (χ1n) is 5.36. The fourth-order valence-corrected chi connectivity index (χ4v) is 1.49. The van der Waals surface area contributed by atoms with Gasteiger partial charge in [0, 0.05) is 32.8 Å². The Morgan fingerprint density at radius 1 is 1.67 bits per heavy atom. The summed E-state index contributed by atoms with van der Waals surface area (Å²) < 4.78 is 4.87. The molecule has 5 heteroatoms. The van der Waals surface area contributed by atoms with E-state index in [-0.39, 0.29) is 11.9 Å². The van der Waals surface area contributed by atoms with E-state index >= 15 is 0 Å². The average molecular weight is 215 g/mol. The molecule has 1 aliphatic rings. The molecule has 1 atom stereocenters. The molecule has 2 N–H and O–H groups in total. The molecule has 0 radical (unpaired) electrons. The van der Waals surface area contributed by atoms with Gasteiger partial charge in [0.05, 0.1) is 12.6 Å². The summed E-state index contributed by atoms with van der Waals surface area (Å²) in [5.74, 6) is 0.0708. The standard InChI is InChI=1S/C10H21N3O2/c1-8(10(14)12-4-5-15-3)13(2)9-6-11-7-9/h8-9,11H,4-7H2,1-3H3,(H,12,14). The highest BCUT2D eigenvalue weighted by Gasteiger charge is 2.28. The van der Waals surface area contributed by atoms with Crippen LogP contribution in [0.2, 0.25) is 0 Å². The molecule has 1 aliphatic heterocycles. The molecule has 0 spiro atoms. The zero-order valence-corrected chi connectivity index (χ0v) is 9.75. The average Bonchev–Trinajstić information content (AvgIpc) is 2.14. The number of rotatable bonds is 6. The third-order valence-electron chi connectivity index (χ3n) is 2.93. The molecule has 0 aliphatic carbocycles. The van der Waals surface area contributed by atoms with E-state index in [0.29, 0.717) is 19.2 Å². The molecular weight excluding hydrogens is 194 g/mol. The zero-order valence-electron chi connectivity index (χ0n) is 9.75. The van der Waals surface area contributed by atoms with Crippen LogP contribution in [0.4, 0.5) is 0 Å². The van der Waals surface area contributed by atoms with Crippen molar-refractivity contribution in [3.63, 3.8) is 0 Å².